The first-order chi connectivity index (χ1) is 11.4. The Kier molecular flexibility index (Phi) is 5.53. The van der Waals surface area contributed by atoms with Crippen LogP contribution in [0.1, 0.15) is 22.8 Å². The number of nitrogens with one attached hydrogen (secondary N) is 2. The summed E-state index contributed by atoms with van der Waals surface area (Å²) in [6, 6.07) is 6.11. The van der Waals surface area contributed by atoms with Gasteiger partial charge in [-0.2, -0.15) is 0 Å². The molecular formula is C16H21N3O5. The molecule has 24 heavy (non-hydrogen) atoms. The molecule has 8 nitrogen and oxygen atoms in total. The van der Waals surface area contributed by atoms with Crippen LogP contribution >= 0.6 is 0 Å². The molecular weight excluding hydrogens is 314 g/mol. The summed E-state index contributed by atoms with van der Waals surface area (Å²) in [5, 5.41) is 23.5. The second-order valence-electron chi connectivity index (χ2n) is 6.15. The van der Waals surface area contributed by atoms with Crippen molar-refractivity contribution in [1.29, 1.82) is 0 Å². The monoisotopic (exact) mass is 335 g/mol. The lowest BCUT2D eigenvalue weighted by Crippen LogP contribution is -2.40. The molecule has 0 spiro atoms. The molecule has 0 unspecified atom stereocenters. The Hall–Kier alpha value is -2.45. The number of benzene rings is 1. The maximum Gasteiger partial charge on any atom is 0.324 e. The maximum absolute atomic E-state index is 12.1. The van der Waals surface area contributed by atoms with Gasteiger partial charge in [-0.3, -0.25) is 14.5 Å². The van der Waals surface area contributed by atoms with E-state index in [1.54, 1.807) is 31.2 Å². The first kappa shape index (κ1) is 17.9. The Morgan fingerprint density at radius 1 is 1.25 bits per heavy atom. The van der Waals surface area contributed by atoms with E-state index in [0.717, 1.165) is 10.5 Å². The second-order valence-corrected chi connectivity index (χ2v) is 6.15. The van der Waals surface area contributed by atoms with Gasteiger partial charge in [-0.05, 0) is 17.7 Å². The highest BCUT2D eigenvalue weighted by molar-refractivity contribution is 6.01. The molecule has 4 amide bonds. The van der Waals surface area contributed by atoms with E-state index in [4.69, 9.17) is 0 Å². The van der Waals surface area contributed by atoms with Gasteiger partial charge in [0.05, 0.1) is 26.3 Å². The number of rotatable bonds is 7. The molecule has 8 heteroatoms. The Labute approximate surface area is 139 Å². The van der Waals surface area contributed by atoms with Gasteiger partial charge in [-0.15, -0.1) is 0 Å². The molecule has 1 aliphatic rings. The van der Waals surface area contributed by atoms with Crippen molar-refractivity contribution in [1.82, 2.24) is 15.5 Å². The standard InChI is InChI=1S/C16H21N3O5/c1-16(9-20,10-21)8-18-14(23)12-4-2-11(3-5-12)7-19-13(22)6-17-15(19)24/h2-5,20-21H,6-10H2,1H3,(H,17,24)(H,18,23). The minimum absolute atomic E-state index is 0.00774. The van der Waals surface area contributed by atoms with Crippen LogP contribution in [0, 0.1) is 5.41 Å². The first-order valence-corrected chi connectivity index (χ1v) is 7.55. The highest BCUT2D eigenvalue weighted by atomic mass is 16.3. The fraction of sp³-hybridized carbons (Fsp3) is 0.438. The SMILES string of the molecule is CC(CO)(CO)CNC(=O)c1ccc(CN2C(=O)CNC2=O)cc1. The number of nitrogens with zero attached hydrogens (tertiary/aromatic N) is 1. The van der Waals surface area contributed by atoms with Gasteiger partial charge < -0.3 is 20.8 Å². The van der Waals surface area contributed by atoms with Crippen LogP contribution in [-0.2, 0) is 11.3 Å². The lowest BCUT2D eigenvalue weighted by molar-refractivity contribution is -0.125. The highest BCUT2D eigenvalue weighted by Gasteiger charge is 2.28. The van der Waals surface area contributed by atoms with Crippen molar-refractivity contribution in [3.05, 3.63) is 35.4 Å². The van der Waals surface area contributed by atoms with Crippen LogP contribution < -0.4 is 10.6 Å². The third-order valence-electron chi connectivity index (χ3n) is 3.93. The van der Waals surface area contributed by atoms with Crippen LogP contribution in [0.5, 0.6) is 0 Å². The molecule has 2 rings (SSSR count). The summed E-state index contributed by atoms with van der Waals surface area (Å²) in [6.07, 6.45) is 0. The molecule has 0 aliphatic carbocycles. The summed E-state index contributed by atoms with van der Waals surface area (Å²) in [7, 11) is 0. The van der Waals surface area contributed by atoms with Crippen LogP contribution in [0.15, 0.2) is 24.3 Å². The van der Waals surface area contributed by atoms with E-state index in [-0.39, 0.29) is 44.7 Å². The maximum atomic E-state index is 12.1. The van der Waals surface area contributed by atoms with Gasteiger partial charge >= 0.3 is 6.03 Å². The quantitative estimate of drug-likeness (QED) is 0.499. The van der Waals surface area contributed by atoms with E-state index in [1.165, 1.54) is 0 Å². The summed E-state index contributed by atoms with van der Waals surface area (Å²) < 4.78 is 0. The molecule has 1 saturated heterocycles. The van der Waals surface area contributed by atoms with Crippen LogP contribution in [0.25, 0.3) is 0 Å². The van der Waals surface area contributed by atoms with Gasteiger partial charge in [0.2, 0.25) is 5.91 Å². The molecule has 1 fully saturated rings. The molecule has 0 radical (unpaired) electrons. The average Bonchev–Trinajstić information content (AvgIpc) is 2.92. The number of hydrogen-bond acceptors (Lipinski definition) is 5. The lowest BCUT2D eigenvalue weighted by Gasteiger charge is -2.24. The van der Waals surface area contributed by atoms with E-state index in [2.05, 4.69) is 10.6 Å². The fourth-order valence-corrected chi connectivity index (χ4v) is 2.12. The number of imide groups is 1. The predicted molar refractivity (Wildman–Crippen MR) is 85.0 cm³/mol. The van der Waals surface area contributed by atoms with Crippen LogP contribution in [-0.4, -0.2) is 59.3 Å². The zero-order valence-corrected chi connectivity index (χ0v) is 13.4. The fourth-order valence-electron chi connectivity index (χ4n) is 2.12. The third kappa shape index (κ3) is 4.09. The minimum atomic E-state index is -0.779. The number of urea groups is 1. The zero-order valence-electron chi connectivity index (χ0n) is 13.4. The van der Waals surface area contributed by atoms with Crippen LogP contribution in [0.2, 0.25) is 0 Å². The number of carbonyl (C=O) groups excluding carboxylic acids is 3. The van der Waals surface area contributed by atoms with Crippen molar-refractivity contribution < 1.29 is 24.6 Å². The highest BCUT2D eigenvalue weighted by Crippen LogP contribution is 2.13. The third-order valence-corrected chi connectivity index (χ3v) is 3.93. The van der Waals surface area contributed by atoms with Crippen molar-refractivity contribution in [2.75, 3.05) is 26.3 Å². The summed E-state index contributed by atoms with van der Waals surface area (Å²) in [5.41, 5.74) is 0.362. The van der Waals surface area contributed by atoms with Crippen molar-refractivity contribution >= 4 is 17.8 Å². The molecule has 1 aromatic rings. The van der Waals surface area contributed by atoms with Crippen molar-refractivity contribution in [2.45, 2.75) is 13.5 Å². The molecule has 0 saturated carbocycles. The topological polar surface area (TPSA) is 119 Å². The van der Waals surface area contributed by atoms with Crippen molar-refractivity contribution in [2.24, 2.45) is 5.41 Å². The number of hydrogen-bond donors (Lipinski definition) is 4. The largest absolute Gasteiger partial charge is 0.396 e. The number of aliphatic hydroxyl groups is 2. The van der Waals surface area contributed by atoms with Gasteiger partial charge in [0.1, 0.15) is 0 Å². The number of aliphatic hydroxyl groups excluding tert-OH is 2. The number of carbonyl (C=O) groups is 3. The predicted octanol–water partition coefficient (Wildman–Crippen LogP) is -0.541. The molecule has 1 aliphatic heterocycles. The normalized spacial score (nSPS) is 14.7. The van der Waals surface area contributed by atoms with Crippen molar-refractivity contribution in [3.8, 4) is 0 Å². The van der Waals surface area contributed by atoms with Gasteiger partial charge in [0.25, 0.3) is 5.91 Å². The molecule has 4 N–H and O–H groups in total. The Bertz CT molecular complexity index is 609. The van der Waals surface area contributed by atoms with Gasteiger partial charge in [0.15, 0.2) is 0 Å². The molecule has 0 bridgehead atoms. The summed E-state index contributed by atoms with van der Waals surface area (Å²) in [6.45, 7) is 1.48. The minimum Gasteiger partial charge on any atom is -0.396 e. The molecule has 130 valence electrons. The summed E-state index contributed by atoms with van der Waals surface area (Å²) >= 11 is 0. The van der Waals surface area contributed by atoms with E-state index in [0.29, 0.717) is 5.56 Å². The Morgan fingerprint density at radius 2 is 1.88 bits per heavy atom. The summed E-state index contributed by atoms with van der Waals surface area (Å²) in [4.78, 5) is 36.2. The van der Waals surface area contributed by atoms with Crippen LogP contribution in [0.3, 0.4) is 0 Å². The van der Waals surface area contributed by atoms with Gasteiger partial charge in [0, 0.05) is 17.5 Å². The van der Waals surface area contributed by atoms with E-state index in [9.17, 15) is 24.6 Å². The first-order valence-electron chi connectivity index (χ1n) is 7.55. The Morgan fingerprint density at radius 3 is 2.38 bits per heavy atom. The van der Waals surface area contributed by atoms with E-state index < -0.39 is 11.4 Å². The molecule has 0 aromatic heterocycles. The molecule has 1 aromatic carbocycles. The van der Waals surface area contributed by atoms with E-state index in [1.807, 2.05) is 0 Å². The Balaban J connectivity index is 1.95. The molecule has 1 heterocycles. The van der Waals surface area contributed by atoms with E-state index >= 15 is 0 Å². The van der Waals surface area contributed by atoms with Gasteiger partial charge in [-0.25, -0.2) is 4.79 Å². The van der Waals surface area contributed by atoms with Crippen molar-refractivity contribution in [3.63, 3.8) is 0 Å². The lowest BCUT2D eigenvalue weighted by atomic mass is 9.93. The zero-order chi connectivity index (χ0) is 17.7. The average molecular weight is 335 g/mol. The second kappa shape index (κ2) is 7.41. The number of amides is 4. The molecule has 0 atom stereocenters. The van der Waals surface area contributed by atoms with Crippen LogP contribution in [0.4, 0.5) is 4.79 Å². The van der Waals surface area contributed by atoms with Gasteiger partial charge in [-0.1, -0.05) is 19.1 Å². The smallest absolute Gasteiger partial charge is 0.324 e. The summed E-state index contributed by atoms with van der Waals surface area (Å²) in [5.74, 6) is -0.612.